The van der Waals surface area contributed by atoms with Gasteiger partial charge in [-0.25, -0.2) is 4.39 Å². The summed E-state index contributed by atoms with van der Waals surface area (Å²) < 4.78 is 19.2. The Bertz CT molecular complexity index is 572. The lowest BCUT2D eigenvalue weighted by Gasteiger charge is -2.10. The van der Waals surface area contributed by atoms with Crippen molar-refractivity contribution in [3.8, 4) is 5.75 Å². The van der Waals surface area contributed by atoms with E-state index in [1.165, 1.54) is 6.07 Å². The summed E-state index contributed by atoms with van der Waals surface area (Å²) in [5, 5.41) is 0.102. The summed E-state index contributed by atoms with van der Waals surface area (Å²) >= 11 is 5.70. The van der Waals surface area contributed by atoms with E-state index in [-0.39, 0.29) is 11.6 Å². The molecule has 0 aromatic heterocycles. The molecule has 0 atom stereocenters. The maximum absolute atomic E-state index is 13.6. The zero-order valence-electron chi connectivity index (χ0n) is 9.91. The summed E-state index contributed by atoms with van der Waals surface area (Å²) in [7, 11) is 0. The minimum absolute atomic E-state index is 0.102. The molecule has 0 bridgehead atoms. The van der Waals surface area contributed by atoms with E-state index in [0.29, 0.717) is 17.0 Å². The standard InChI is InChI=1S/C14H13ClFNO/c1-9-7-11(17)5-6-13(9)18-8-10-3-2-4-12(15)14(10)16/h2-7H,8,17H2,1H3. The number of hydrogen-bond acceptors (Lipinski definition) is 2. The molecule has 0 spiro atoms. The first kappa shape index (κ1) is 12.7. The van der Waals surface area contributed by atoms with Gasteiger partial charge in [0.15, 0.2) is 0 Å². The number of hydrogen-bond donors (Lipinski definition) is 1. The molecule has 0 saturated carbocycles. The molecule has 0 saturated heterocycles. The Morgan fingerprint density at radius 1 is 1.28 bits per heavy atom. The number of aryl methyl sites for hydroxylation is 1. The van der Waals surface area contributed by atoms with Crippen LogP contribution in [0.25, 0.3) is 0 Å². The highest BCUT2D eigenvalue weighted by atomic mass is 35.5. The van der Waals surface area contributed by atoms with Crippen LogP contribution < -0.4 is 10.5 Å². The molecule has 2 nitrogen and oxygen atoms in total. The molecule has 0 fully saturated rings. The summed E-state index contributed by atoms with van der Waals surface area (Å²) in [6, 6.07) is 10.2. The van der Waals surface area contributed by atoms with Gasteiger partial charge in [-0.2, -0.15) is 0 Å². The lowest BCUT2D eigenvalue weighted by atomic mass is 10.2. The van der Waals surface area contributed by atoms with Crippen LogP contribution in [0.3, 0.4) is 0 Å². The predicted octanol–water partition coefficient (Wildman–Crippen LogP) is 3.95. The highest BCUT2D eigenvalue weighted by molar-refractivity contribution is 6.30. The van der Waals surface area contributed by atoms with Gasteiger partial charge in [-0.05, 0) is 36.8 Å². The molecule has 0 aliphatic rings. The number of nitrogens with two attached hydrogens (primary N) is 1. The zero-order valence-corrected chi connectivity index (χ0v) is 10.7. The number of nitrogen functional groups attached to an aromatic ring is 1. The molecule has 0 radical (unpaired) electrons. The molecule has 18 heavy (non-hydrogen) atoms. The van der Waals surface area contributed by atoms with Crippen LogP contribution in [0, 0.1) is 12.7 Å². The van der Waals surface area contributed by atoms with Gasteiger partial charge in [0, 0.05) is 11.3 Å². The van der Waals surface area contributed by atoms with Crippen molar-refractivity contribution in [3.63, 3.8) is 0 Å². The Kier molecular flexibility index (Phi) is 3.72. The van der Waals surface area contributed by atoms with E-state index in [1.54, 1.807) is 24.3 Å². The highest BCUT2D eigenvalue weighted by Gasteiger charge is 2.07. The van der Waals surface area contributed by atoms with Gasteiger partial charge < -0.3 is 10.5 Å². The SMILES string of the molecule is Cc1cc(N)ccc1OCc1cccc(Cl)c1F. The van der Waals surface area contributed by atoms with Crippen molar-refractivity contribution >= 4 is 17.3 Å². The molecule has 0 aliphatic carbocycles. The minimum atomic E-state index is -0.438. The van der Waals surface area contributed by atoms with Crippen molar-refractivity contribution in [2.24, 2.45) is 0 Å². The minimum Gasteiger partial charge on any atom is -0.489 e. The van der Waals surface area contributed by atoms with Gasteiger partial charge in [0.05, 0.1) is 5.02 Å². The van der Waals surface area contributed by atoms with Crippen LogP contribution in [0.15, 0.2) is 36.4 Å². The molecule has 0 heterocycles. The molecule has 2 aromatic carbocycles. The Balaban J connectivity index is 2.14. The highest BCUT2D eigenvalue weighted by Crippen LogP contribution is 2.23. The van der Waals surface area contributed by atoms with Gasteiger partial charge >= 0.3 is 0 Å². The van der Waals surface area contributed by atoms with E-state index in [0.717, 1.165) is 5.56 Å². The van der Waals surface area contributed by atoms with Crippen LogP contribution in [0.5, 0.6) is 5.75 Å². The third kappa shape index (κ3) is 2.74. The largest absolute Gasteiger partial charge is 0.489 e. The third-order valence-corrected chi connectivity index (χ3v) is 2.91. The third-order valence-electron chi connectivity index (χ3n) is 2.61. The van der Waals surface area contributed by atoms with Crippen LogP contribution in [0.4, 0.5) is 10.1 Å². The molecule has 0 unspecified atom stereocenters. The summed E-state index contributed by atoms with van der Waals surface area (Å²) in [6.45, 7) is 2.02. The van der Waals surface area contributed by atoms with Crippen molar-refractivity contribution in [1.29, 1.82) is 0 Å². The monoisotopic (exact) mass is 265 g/mol. The summed E-state index contributed by atoms with van der Waals surface area (Å²) in [5.41, 5.74) is 7.66. The Morgan fingerprint density at radius 3 is 2.78 bits per heavy atom. The zero-order chi connectivity index (χ0) is 13.1. The first-order valence-electron chi connectivity index (χ1n) is 5.50. The van der Waals surface area contributed by atoms with E-state index in [4.69, 9.17) is 22.1 Å². The fourth-order valence-electron chi connectivity index (χ4n) is 1.65. The average Bonchev–Trinajstić information content (AvgIpc) is 2.33. The van der Waals surface area contributed by atoms with E-state index in [9.17, 15) is 4.39 Å². The molecule has 4 heteroatoms. The number of benzene rings is 2. The summed E-state index contributed by atoms with van der Waals surface area (Å²) in [5.74, 6) is 0.246. The molecular weight excluding hydrogens is 253 g/mol. The lowest BCUT2D eigenvalue weighted by molar-refractivity contribution is 0.298. The van der Waals surface area contributed by atoms with Gasteiger partial charge in [0.2, 0.25) is 0 Å². The van der Waals surface area contributed by atoms with Crippen molar-refractivity contribution < 1.29 is 9.13 Å². The molecular formula is C14H13ClFNO. The summed E-state index contributed by atoms with van der Waals surface area (Å²) in [4.78, 5) is 0. The van der Waals surface area contributed by atoms with E-state index in [1.807, 2.05) is 13.0 Å². The Hall–Kier alpha value is -1.74. The maximum atomic E-state index is 13.6. The smallest absolute Gasteiger partial charge is 0.148 e. The number of rotatable bonds is 3. The van der Waals surface area contributed by atoms with E-state index < -0.39 is 5.82 Å². The number of anilines is 1. The van der Waals surface area contributed by atoms with Gasteiger partial charge in [-0.1, -0.05) is 23.7 Å². The summed E-state index contributed by atoms with van der Waals surface area (Å²) in [6.07, 6.45) is 0. The molecule has 2 aromatic rings. The lowest BCUT2D eigenvalue weighted by Crippen LogP contribution is -2.00. The molecule has 0 aliphatic heterocycles. The second-order valence-electron chi connectivity index (χ2n) is 4.03. The second-order valence-corrected chi connectivity index (χ2v) is 4.43. The van der Waals surface area contributed by atoms with Gasteiger partial charge in [-0.3, -0.25) is 0 Å². The Labute approximate surface area is 110 Å². The number of ether oxygens (including phenoxy) is 1. The predicted molar refractivity (Wildman–Crippen MR) is 71.3 cm³/mol. The van der Waals surface area contributed by atoms with Crippen LogP contribution >= 0.6 is 11.6 Å². The molecule has 94 valence electrons. The fraction of sp³-hybridized carbons (Fsp3) is 0.143. The van der Waals surface area contributed by atoms with Crippen LogP contribution in [-0.2, 0) is 6.61 Å². The van der Waals surface area contributed by atoms with Crippen molar-refractivity contribution in [2.45, 2.75) is 13.5 Å². The average molecular weight is 266 g/mol. The topological polar surface area (TPSA) is 35.2 Å². The fourth-order valence-corrected chi connectivity index (χ4v) is 1.84. The second kappa shape index (κ2) is 5.27. The van der Waals surface area contributed by atoms with Crippen molar-refractivity contribution in [3.05, 3.63) is 58.4 Å². The van der Waals surface area contributed by atoms with Gasteiger partial charge in [0.25, 0.3) is 0 Å². The van der Waals surface area contributed by atoms with Crippen LogP contribution in [0.2, 0.25) is 5.02 Å². The van der Waals surface area contributed by atoms with Crippen LogP contribution in [-0.4, -0.2) is 0 Å². The molecule has 0 amide bonds. The van der Waals surface area contributed by atoms with Crippen LogP contribution in [0.1, 0.15) is 11.1 Å². The van der Waals surface area contributed by atoms with Gasteiger partial charge in [0.1, 0.15) is 18.2 Å². The van der Waals surface area contributed by atoms with Crippen molar-refractivity contribution in [1.82, 2.24) is 0 Å². The number of halogens is 2. The first-order valence-corrected chi connectivity index (χ1v) is 5.87. The maximum Gasteiger partial charge on any atom is 0.148 e. The normalized spacial score (nSPS) is 10.4. The first-order chi connectivity index (χ1) is 8.58. The quantitative estimate of drug-likeness (QED) is 0.853. The van der Waals surface area contributed by atoms with Crippen molar-refractivity contribution in [2.75, 3.05) is 5.73 Å². The van der Waals surface area contributed by atoms with E-state index >= 15 is 0 Å². The Morgan fingerprint density at radius 2 is 2.06 bits per heavy atom. The van der Waals surface area contributed by atoms with Gasteiger partial charge in [-0.15, -0.1) is 0 Å². The molecule has 2 rings (SSSR count). The van der Waals surface area contributed by atoms with E-state index in [2.05, 4.69) is 0 Å². The molecule has 2 N–H and O–H groups in total.